The molecule has 0 atom stereocenters. The number of allylic oxidation sites excluding steroid dienone is 1. The van der Waals surface area contributed by atoms with E-state index in [2.05, 4.69) is 22.0 Å². The minimum absolute atomic E-state index is 0.0357. The van der Waals surface area contributed by atoms with Gasteiger partial charge in [0, 0.05) is 29.4 Å². The summed E-state index contributed by atoms with van der Waals surface area (Å²) >= 11 is 0. The number of hydrogen-bond acceptors (Lipinski definition) is 4. The Morgan fingerprint density at radius 3 is 2.60 bits per heavy atom. The molecule has 1 aliphatic carbocycles. The number of nitrogens with one attached hydrogen (secondary N) is 1. The number of amides is 1. The van der Waals surface area contributed by atoms with E-state index in [0.717, 1.165) is 42.5 Å². The van der Waals surface area contributed by atoms with Crippen LogP contribution in [0.15, 0.2) is 41.7 Å². The Kier molecular flexibility index (Phi) is 5.53. The number of carbonyl (C=O) groups is 1. The van der Waals surface area contributed by atoms with Crippen LogP contribution in [-0.4, -0.2) is 31.1 Å². The van der Waals surface area contributed by atoms with Gasteiger partial charge in [0.2, 0.25) is 11.7 Å². The van der Waals surface area contributed by atoms with Crippen molar-refractivity contribution in [1.29, 1.82) is 0 Å². The molecule has 0 saturated heterocycles. The Labute approximate surface area is 175 Å². The van der Waals surface area contributed by atoms with Crippen LogP contribution in [0.1, 0.15) is 42.5 Å². The molecule has 0 unspecified atom stereocenters. The van der Waals surface area contributed by atoms with Crippen LogP contribution in [0.2, 0.25) is 0 Å². The number of aromatic nitrogens is 4. The quantitative estimate of drug-likeness (QED) is 0.640. The highest BCUT2D eigenvalue weighted by atomic mass is 16.2. The average Bonchev–Trinajstić information content (AvgIpc) is 3.39. The fraction of sp³-hybridized carbons (Fsp3) is 0.391. The molecule has 0 bridgehead atoms. The third kappa shape index (κ3) is 3.79. The Morgan fingerprint density at radius 2 is 1.93 bits per heavy atom. The topological polar surface area (TPSA) is 81.3 Å². The lowest BCUT2D eigenvalue weighted by Gasteiger charge is -2.15. The Hall–Kier alpha value is -3.22. The summed E-state index contributed by atoms with van der Waals surface area (Å²) in [6.45, 7) is 8.16. The summed E-state index contributed by atoms with van der Waals surface area (Å²) in [5.41, 5.74) is 2.85. The zero-order valence-electron chi connectivity index (χ0n) is 17.5. The maximum absolute atomic E-state index is 13.2. The molecule has 1 aromatic carbocycles. The lowest BCUT2D eigenvalue weighted by Crippen LogP contribution is -2.36. The van der Waals surface area contributed by atoms with Crippen LogP contribution in [0, 0.1) is 13.8 Å². The molecule has 0 aliphatic heterocycles. The molecule has 2 heterocycles. The molecule has 156 valence electrons. The number of rotatable bonds is 6. The standard InChI is InChI=1S/C23H27N5O2/c1-4-13-27-16(3)19(14-20(29)24-18-7-5-6-8-18)22(30)28-23(27)25-21(26-28)17-11-9-15(2)10-12-17/h4,9-12,18H,1,5-8,13-14H2,2-3H3,(H,24,29). The second kappa shape index (κ2) is 8.26. The molecule has 1 aliphatic rings. The largest absolute Gasteiger partial charge is 0.353 e. The number of hydrogen-bond donors (Lipinski definition) is 1. The Morgan fingerprint density at radius 1 is 1.23 bits per heavy atom. The molecule has 1 amide bonds. The highest BCUT2D eigenvalue weighted by Crippen LogP contribution is 2.19. The van der Waals surface area contributed by atoms with Crippen molar-refractivity contribution in [2.24, 2.45) is 0 Å². The SMILES string of the molecule is C=CCn1c(C)c(CC(=O)NC2CCCC2)c(=O)n2nc(-c3ccc(C)cc3)nc12. The molecular formula is C23H27N5O2. The van der Waals surface area contributed by atoms with E-state index in [4.69, 9.17) is 0 Å². The number of carbonyl (C=O) groups excluding carboxylic acids is 1. The monoisotopic (exact) mass is 405 g/mol. The maximum atomic E-state index is 13.2. The van der Waals surface area contributed by atoms with Crippen molar-refractivity contribution >= 4 is 11.7 Å². The first-order chi connectivity index (χ1) is 14.5. The van der Waals surface area contributed by atoms with Gasteiger partial charge in [-0.3, -0.25) is 9.59 Å². The van der Waals surface area contributed by atoms with E-state index >= 15 is 0 Å². The highest BCUT2D eigenvalue weighted by Gasteiger charge is 2.22. The van der Waals surface area contributed by atoms with Crippen LogP contribution in [0.5, 0.6) is 0 Å². The van der Waals surface area contributed by atoms with Gasteiger partial charge in [0.25, 0.3) is 5.56 Å². The Bertz CT molecular complexity index is 1150. The van der Waals surface area contributed by atoms with Crippen LogP contribution in [-0.2, 0) is 17.8 Å². The predicted molar refractivity (Wildman–Crippen MR) is 116 cm³/mol. The molecule has 3 aromatic rings. The molecule has 7 heteroatoms. The van der Waals surface area contributed by atoms with Crippen molar-refractivity contribution in [3.63, 3.8) is 0 Å². The number of aryl methyl sites for hydroxylation is 1. The summed E-state index contributed by atoms with van der Waals surface area (Å²) in [7, 11) is 0. The van der Waals surface area contributed by atoms with E-state index in [1.165, 1.54) is 4.52 Å². The van der Waals surface area contributed by atoms with E-state index in [9.17, 15) is 9.59 Å². The van der Waals surface area contributed by atoms with Crippen molar-refractivity contribution in [3.8, 4) is 11.4 Å². The zero-order chi connectivity index (χ0) is 21.3. The van der Waals surface area contributed by atoms with E-state index in [1.54, 1.807) is 6.08 Å². The van der Waals surface area contributed by atoms with Crippen molar-refractivity contribution in [2.45, 2.75) is 58.5 Å². The van der Waals surface area contributed by atoms with E-state index in [0.29, 0.717) is 23.7 Å². The van der Waals surface area contributed by atoms with Gasteiger partial charge >= 0.3 is 0 Å². The summed E-state index contributed by atoms with van der Waals surface area (Å²) in [6.07, 6.45) is 6.08. The molecule has 1 saturated carbocycles. The zero-order valence-corrected chi connectivity index (χ0v) is 17.5. The minimum Gasteiger partial charge on any atom is -0.353 e. The summed E-state index contributed by atoms with van der Waals surface area (Å²) < 4.78 is 3.20. The lowest BCUT2D eigenvalue weighted by atomic mass is 10.1. The molecular weight excluding hydrogens is 378 g/mol. The molecule has 0 spiro atoms. The fourth-order valence-corrected chi connectivity index (χ4v) is 4.10. The second-order valence-electron chi connectivity index (χ2n) is 8.01. The first-order valence-electron chi connectivity index (χ1n) is 10.4. The molecule has 1 fully saturated rings. The van der Waals surface area contributed by atoms with Crippen LogP contribution >= 0.6 is 0 Å². The third-order valence-corrected chi connectivity index (χ3v) is 5.80. The first-order valence-corrected chi connectivity index (χ1v) is 10.4. The summed E-state index contributed by atoms with van der Waals surface area (Å²) in [6, 6.07) is 8.07. The number of benzene rings is 1. The van der Waals surface area contributed by atoms with Crippen LogP contribution in [0.4, 0.5) is 0 Å². The van der Waals surface area contributed by atoms with Crippen molar-refractivity contribution in [3.05, 3.63) is 64.1 Å². The van der Waals surface area contributed by atoms with Gasteiger partial charge in [-0.25, -0.2) is 0 Å². The normalized spacial score (nSPS) is 14.3. The second-order valence-corrected chi connectivity index (χ2v) is 8.01. The fourth-order valence-electron chi connectivity index (χ4n) is 4.10. The third-order valence-electron chi connectivity index (χ3n) is 5.80. The van der Waals surface area contributed by atoms with Gasteiger partial charge < -0.3 is 9.88 Å². The van der Waals surface area contributed by atoms with Crippen LogP contribution in [0.3, 0.4) is 0 Å². The van der Waals surface area contributed by atoms with Crippen molar-refractivity contribution in [1.82, 2.24) is 24.5 Å². The predicted octanol–water partition coefficient (Wildman–Crippen LogP) is 2.96. The van der Waals surface area contributed by atoms with Gasteiger partial charge in [-0.1, -0.05) is 48.7 Å². The smallest absolute Gasteiger partial charge is 0.279 e. The Balaban J connectivity index is 1.76. The van der Waals surface area contributed by atoms with Gasteiger partial charge in [0.05, 0.1) is 6.42 Å². The number of nitrogens with zero attached hydrogens (tertiary/aromatic N) is 4. The van der Waals surface area contributed by atoms with Crippen LogP contribution < -0.4 is 10.9 Å². The molecule has 2 aromatic heterocycles. The first kappa shape index (κ1) is 20.1. The van der Waals surface area contributed by atoms with Gasteiger partial charge in [-0.05, 0) is 26.7 Å². The van der Waals surface area contributed by atoms with Crippen LogP contribution in [0.25, 0.3) is 17.2 Å². The molecule has 30 heavy (non-hydrogen) atoms. The molecule has 1 N–H and O–H groups in total. The molecule has 4 rings (SSSR count). The summed E-state index contributed by atoms with van der Waals surface area (Å²) in [5, 5.41) is 7.54. The van der Waals surface area contributed by atoms with Gasteiger partial charge in [-0.2, -0.15) is 9.50 Å². The van der Waals surface area contributed by atoms with E-state index in [-0.39, 0.29) is 23.9 Å². The average molecular weight is 406 g/mol. The maximum Gasteiger partial charge on any atom is 0.279 e. The molecule has 7 nitrogen and oxygen atoms in total. The van der Waals surface area contributed by atoms with Gasteiger partial charge in [0.15, 0.2) is 5.82 Å². The minimum atomic E-state index is -0.296. The van der Waals surface area contributed by atoms with Gasteiger partial charge in [-0.15, -0.1) is 11.7 Å². The van der Waals surface area contributed by atoms with Gasteiger partial charge in [0.1, 0.15) is 0 Å². The van der Waals surface area contributed by atoms with Crippen molar-refractivity contribution in [2.75, 3.05) is 0 Å². The number of fused-ring (bicyclic) bond motifs is 1. The van der Waals surface area contributed by atoms with E-state index < -0.39 is 0 Å². The molecule has 0 radical (unpaired) electrons. The lowest BCUT2D eigenvalue weighted by molar-refractivity contribution is -0.121. The highest BCUT2D eigenvalue weighted by molar-refractivity contribution is 5.79. The van der Waals surface area contributed by atoms with Crippen molar-refractivity contribution < 1.29 is 4.79 Å². The summed E-state index contributed by atoms with van der Waals surface area (Å²) in [5.74, 6) is 0.815. The summed E-state index contributed by atoms with van der Waals surface area (Å²) in [4.78, 5) is 30.5. The van der Waals surface area contributed by atoms with E-state index in [1.807, 2.05) is 42.7 Å².